The molecule has 1 amide bonds. The average Bonchev–Trinajstić information content (AvgIpc) is 2.30. The van der Waals surface area contributed by atoms with Gasteiger partial charge in [0.15, 0.2) is 0 Å². The van der Waals surface area contributed by atoms with E-state index < -0.39 is 23.1 Å². The van der Waals surface area contributed by atoms with Gasteiger partial charge in [0.1, 0.15) is 11.6 Å². The summed E-state index contributed by atoms with van der Waals surface area (Å²) in [5.74, 6) is -1.35. The van der Waals surface area contributed by atoms with Crippen molar-refractivity contribution in [2.24, 2.45) is 0 Å². The fourth-order valence-corrected chi connectivity index (χ4v) is 2.28. The Bertz CT molecular complexity index is 452. The second kappa shape index (κ2) is 6.86. The van der Waals surface area contributed by atoms with E-state index in [9.17, 15) is 18.7 Å². The van der Waals surface area contributed by atoms with Gasteiger partial charge in [-0.25, -0.2) is 8.78 Å². The maximum absolute atomic E-state index is 13.3. The highest BCUT2D eigenvalue weighted by molar-refractivity contribution is 7.98. The number of amides is 1. The Morgan fingerprint density at radius 2 is 2.16 bits per heavy atom. The van der Waals surface area contributed by atoms with Crippen molar-refractivity contribution in [1.29, 1.82) is 0 Å². The molecule has 1 atom stereocenters. The lowest BCUT2D eigenvalue weighted by Gasteiger charge is -2.22. The van der Waals surface area contributed by atoms with Crippen LogP contribution >= 0.6 is 11.8 Å². The van der Waals surface area contributed by atoms with Crippen LogP contribution in [0.15, 0.2) is 18.2 Å². The van der Waals surface area contributed by atoms with Crippen LogP contribution in [0.4, 0.5) is 8.78 Å². The molecule has 0 bridgehead atoms. The maximum atomic E-state index is 13.3. The normalized spacial score (nSPS) is 13.9. The second-order valence-corrected chi connectivity index (χ2v) is 5.49. The summed E-state index contributed by atoms with van der Waals surface area (Å²) in [6.45, 7) is 1.71. The topological polar surface area (TPSA) is 49.3 Å². The Labute approximate surface area is 115 Å². The molecule has 6 heteroatoms. The average molecular weight is 289 g/mol. The van der Waals surface area contributed by atoms with E-state index in [4.69, 9.17) is 0 Å². The van der Waals surface area contributed by atoms with Crippen LogP contribution in [0.25, 0.3) is 0 Å². The van der Waals surface area contributed by atoms with Crippen LogP contribution in [0.5, 0.6) is 0 Å². The molecule has 0 aliphatic heterocycles. The summed E-state index contributed by atoms with van der Waals surface area (Å²) in [4.78, 5) is 11.6. The Hall–Kier alpha value is -1.14. The number of carbonyl (C=O) groups excluding carboxylic acids is 1. The summed E-state index contributed by atoms with van der Waals surface area (Å²) in [5.41, 5.74) is -0.875. The van der Waals surface area contributed by atoms with Crippen molar-refractivity contribution >= 4 is 17.7 Å². The second-order valence-electron chi connectivity index (χ2n) is 4.62. The van der Waals surface area contributed by atoms with Gasteiger partial charge in [-0.2, -0.15) is 11.8 Å². The molecular weight excluding hydrogens is 272 g/mol. The first-order valence-electron chi connectivity index (χ1n) is 5.76. The monoisotopic (exact) mass is 289 g/mol. The van der Waals surface area contributed by atoms with Crippen molar-refractivity contribution in [3.05, 3.63) is 35.4 Å². The molecule has 0 heterocycles. The first-order valence-corrected chi connectivity index (χ1v) is 7.15. The van der Waals surface area contributed by atoms with E-state index in [1.54, 1.807) is 6.92 Å². The van der Waals surface area contributed by atoms with E-state index >= 15 is 0 Å². The minimum atomic E-state index is -1.00. The van der Waals surface area contributed by atoms with Gasteiger partial charge in [0.2, 0.25) is 5.91 Å². The van der Waals surface area contributed by atoms with E-state index in [0.717, 1.165) is 12.1 Å². The van der Waals surface area contributed by atoms with E-state index in [1.807, 2.05) is 6.26 Å². The molecule has 2 N–H and O–H groups in total. The number of nitrogens with one attached hydrogen (secondary N) is 1. The fraction of sp³-hybridized carbons (Fsp3) is 0.462. The summed E-state index contributed by atoms with van der Waals surface area (Å²) in [6, 6.07) is 3.09. The first-order chi connectivity index (χ1) is 8.84. The lowest BCUT2D eigenvalue weighted by molar-refractivity contribution is -0.121. The summed E-state index contributed by atoms with van der Waals surface area (Å²) >= 11 is 1.47. The Morgan fingerprint density at radius 3 is 2.74 bits per heavy atom. The summed E-state index contributed by atoms with van der Waals surface area (Å²) in [5, 5.41) is 12.4. The van der Waals surface area contributed by atoms with E-state index in [1.165, 1.54) is 17.8 Å². The zero-order valence-electron chi connectivity index (χ0n) is 10.9. The smallest absolute Gasteiger partial charge is 0.224 e. The zero-order valence-corrected chi connectivity index (χ0v) is 11.7. The molecule has 0 fully saturated rings. The molecule has 0 spiro atoms. The van der Waals surface area contributed by atoms with Crippen molar-refractivity contribution in [2.75, 3.05) is 18.6 Å². The molecule has 0 saturated carbocycles. The van der Waals surface area contributed by atoms with Gasteiger partial charge in [0.05, 0.1) is 12.0 Å². The highest BCUT2D eigenvalue weighted by Crippen LogP contribution is 2.11. The summed E-state index contributed by atoms with van der Waals surface area (Å²) < 4.78 is 26.0. The molecular formula is C13H17F2NO2S. The molecule has 3 nitrogen and oxygen atoms in total. The molecule has 0 aliphatic carbocycles. The van der Waals surface area contributed by atoms with Gasteiger partial charge in [0.25, 0.3) is 0 Å². The third-order valence-electron chi connectivity index (χ3n) is 2.49. The van der Waals surface area contributed by atoms with E-state index in [2.05, 4.69) is 5.32 Å². The molecule has 0 aliphatic rings. The van der Waals surface area contributed by atoms with Gasteiger partial charge in [-0.05, 0) is 24.8 Å². The molecule has 1 unspecified atom stereocenters. The number of thioether (sulfide) groups is 1. The van der Waals surface area contributed by atoms with Crippen LogP contribution in [-0.4, -0.2) is 35.2 Å². The molecule has 0 saturated heterocycles. The van der Waals surface area contributed by atoms with Crippen molar-refractivity contribution < 1.29 is 18.7 Å². The highest BCUT2D eigenvalue weighted by atomic mass is 32.2. The van der Waals surface area contributed by atoms with Gasteiger partial charge < -0.3 is 10.4 Å². The molecule has 0 radical (unpaired) electrons. The van der Waals surface area contributed by atoms with Crippen LogP contribution in [0.2, 0.25) is 0 Å². The standard InChI is InChI=1S/C13H17F2NO2S/c1-13(18,8-19-2)7-16-12(17)5-9-3-4-10(14)6-11(9)15/h3-4,6,18H,5,7-8H2,1-2H3,(H,16,17). The Morgan fingerprint density at radius 1 is 1.47 bits per heavy atom. The number of hydrogen-bond acceptors (Lipinski definition) is 3. The molecule has 1 aromatic carbocycles. The van der Waals surface area contributed by atoms with Crippen LogP contribution in [0.3, 0.4) is 0 Å². The lowest BCUT2D eigenvalue weighted by Crippen LogP contribution is -2.43. The van der Waals surface area contributed by atoms with Crippen LogP contribution in [0.1, 0.15) is 12.5 Å². The van der Waals surface area contributed by atoms with E-state index in [0.29, 0.717) is 5.75 Å². The number of halogens is 2. The fourth-order valence-electron chi connectivity index (χ4n) is 1.55. The van der Waals surface area contributed by atoms with Gasteiger partial charge in [-0.15, -0.1) is 0 Å². The van der Waals surface area contributed by atoms with Crippen LogP contribution < -0.4 is 5.32 Å². The predicted octanol–water partition coefficient (Wildman–Crippen LogP) is 1.74. The minimum Gasteiger partial charge on any atom is -0.387 e. The number of hydrogen-bond donors (Lipinski definition) is 2. The SMILES string of the molecule is CSCC(C)(O)CNC(=O)Cc1ccc(F)cc1F. The van der Waals surface area contributed by atoms with Gasteiger partial charge >= 0.3 is 0 Å². The van der Waals surface area contributed by atoms with Gasteiger partial charge in [0, 0.05) is 18.4 Å². The Balaban J connectivity index is 2.52. The molecule has 106 valence electrons. The van der Waals surface area contributed by atoms with E-state index in [-0.39, 0.29) is 18.5 Å². The third-order valence-corrected chi connectivity index (χ3v) is 3.40. The molecule has 19 heavy (non-hydrogen) atoms. The number of benzene rings is 1. The predicted molar refractivity (Wildman–Crippen MR) is 72.1 cm³/mol. The summed E-state index contributed by atoms with van der Waals surface area (Å²) in [6.07, 6.45) is 1.67. The lowest BCUT2D eigenvalue weighted by atomic mass is 10.1. The minimum absolute atomic E-state index is 0.0927. The summed E-state index contributed by atoms with van der Waals surface area (Å²) in [7, 11) is 0. The van der Waals surface area contributed by atoms with Crippen LogP contribution in [-0.2, 0) is 11.2 Å². The zero-order chi connectivity index (χ0) is 14.5. The number of carbonyl (C=O) groups is 1. The molecule has 1 rings (SSSR count). The van der Waals surface area contributed by atoms with Crippen molar-refractivity contribution in [2.45, 2.75) is 18.9 Å². The first kappa shape index (κ1) is 15.9. The molecule has 0 aromatic heterocycles. The van der Waals surface area contributed by atoms with Gasteiger partial charge in [-0.3, -0.25) is 4.79 Å². The largest absolute Gasteiger partial charge is 0.387 e. The maximum Gasteiger partial charge on any atom is 0.224 e. The van der Waals surface area contributed by atoms with Crippen molar-refractivity contribution in [1.82, 2.24) is 5.32 Å². The van der Waals surface area contributed by atoms with Crippen molar-refractivity contribution in [3.63, 3.8) is 0 Å². The Kier molecular flexibility index (Phi) is 5.75. The number of rotatable bonds is 6. The molecule has 1 aromatic rings. The highest BCUT2D eigenvalue weighted by Gasteiger charge is 2.20. The number of aliphatic hydroxyl groups is 1. The third kappa shape index (κ3) is 5.57. The quantitative estimate of drug-likeness (QED) is 0.838. The van der Waals surface area contributed by atoms with Crippen LogP contribution in [0, 0.1) is 11.6 Å². The van der Waals surface area contributed by atoms with Crippen molar-refractivity contribution in [3.8, 4) is 0 Å². The van der Waals surface area contributed by atoms with Gasteiger partial charge in [-0.1, -0.05) is 6.07 Å².